The van der Waals surface area contributed by atoms with E-state index in [0.29, 0.717) is 6.54 Å². The number of hydrogen-bond donors (Lipinski definition) is 0. The second-order valence-electron chi connectivity index (χ2n) is 5.53. The van der Waals surface area contributed by atoms with E-state index in [9.17, 15) is 4.79 Å². The Morgan fingerprint density at radius 3 is 2.19 bits per heavy atom. The molecule has 0 radical (unpaired) electrons. The van der Waals surface area contributed by atoms with Crippen LogP contribution in [-0.2, 0) is 5.41 Å². The third-order valence-electron chi connectivity index (χ3n) is 2.98. The molecule has 1 aliphatic rings. The highest BCUT2D eigenvalue weighted by molar-refractivity contribution is 5.97. The molecule has 1 saturated heterocycles. The van der Waals surface area contributed by atoms with Gasteiger partial charge in [-0.05, 0) is 11.0 Å². The topological polar surface area (TPSA) is 20.1 Å². The fourth-order valence-electron chi connectivity index (χ4n) is 1.68. The zero-order chi connectivity index (χ0) is 11.8. The summed E-state index contributed by atoms with van der Waals surface area (Å²) < 4.78 is 0. The standard InChI is InChI=1S/C14H19NO/c1-14(2,3)12-6-4-11(5-7-12)13(16)10-15-8-9-15/h4-7H,8-10H2,1-3H3. The van der Waals surface area contributed by atoms with E-state index in [4.69, 9.17) is 0 Å². The molecule has 0 spiro atoms. The Morgan fingerprint density at radius 1 is 1.19 bits per heavy atom. The van der Waals surface area contributed by atoms with Crippen LogP contribution in [0, 0.1) is 0 Å². The first kappa shape index (κ1) is 11.3. The number of carbonyl (C=O) groups is 1. The molecule has 86 valence electrons. The molecule has 0 aliphatic carbocycles. The number of ketones is 1. The van der Waals surface area contributed by atoms with Gasteiger partial charge in [-0.25, -0.2) is 0 Å². The Bertz CT molecular complexity index is 382. The molecule has 1 aromatic carbocycles. The molecule has 1 heterocycles. The monoisotopic (exact) mass is 217 g/mol. The van der Waals surface area contributed by atoms with Crippen LogP contribution in [0.1, 0.15) is 36.7 Å². The van der Waals surface area contributed by atoms with Gasteiger partial charge in [-0.2, -0.15) is 0 Å². The van der Waals surface area contributed by atoms with Gasteiger partial charge in [0.2, 0.25) is 0 Å². The van der Waals surface area contributed by atoms with E-state index >= 15 is 0 Å². The van der Waals surface area contributed by atoms with Crippen molar-refractivity contribution in [2.45, 2.75) is 26.2 Å². The van der Waals surface area contributed by atoms with Crippen LogP contribution in [-0.4, -0.2) is 30.3 Å². The van der Waals surface area contributed by atoms with E-state index in [0.717, 1.165) is 18.7 Å². The van der Waals surface area contributed by atoms with E-state index in [1.807, 2.05) is 12.1 Å². The van der Waals surface area contributed by atoms with Crippen LogP contribution in [0.4, 0.5) is 0 Å². The minimum atomic E-state index is 0.154. The number of nitrogens with zero attached hydrogens (tertiary/aromatic N) is 1. The summed E-state index contributed by atoms with van der Waals surface area (Å²) in [5.41, 5.74) is 2.26. The first-order chi connectivity index (χ1) is 7.47. The summed E-state index contributed by atoms with van der Waals surface area (Å²) in [4.78, 5) is 14.0. The summed E-state index contributed by atoms with van der Waals surface area (Å²) >= 11 is 0. The number of Topliss-reactive ketones (excluding diaryl/α,β-unsaturated/α-hetero) is 1. The Kier molecular flexibility index (Phi) is 2.85. The van der Waals surface area contributed by atoms with Crippen LogP contribution in [0.25, 0.3) is 0 Å². The molecule has 0 N–H and O–H groups in total. The second kappa shape index (κ2) is 4.02. The summed E-state index contributed by atoms with van der Waals surface area (Å²) in [5, 5.41) is 0. The third-order valence-corrected chi connectivity index (χ3v) is 2.98. The van der Waals surface area contributed by atoms with Crippen molar-refractivity contribution >= 4 is 5.78 Å². The molecule has 1 aliphatic heterocycles. The minimum Gasteiger partial charge on any atom is -0.293 e. The predicted octanol–water partition coefficient (Wildman–Crippen LogP) is 2.48. The normalized spacial score (nSPS) is 16.2. The number of hydrogen-bond acceptors (Lipinski definition) is 2. The SMILES string of the molecule is CC(C)(C)c1ccc(C(=O)CN2CC2)cc1. The molecular weight excluding hydrogens is 198 g/mol. The van der Waals surface area contributed by atoms with Crippen LogP contribution < -0.4 is 0 Å². The smallest absolute Gasteiger partial charge is 0.176 e. The van der Waals surface area contributed by atoms with Gasteiger partial charge in [0, 0.05) is 18.7 Å². The lowest BCUT2D eigenvalue weighted by atomic mass is 9.86. The van der Waals surface area contributed by atoms with Crippen molar-refractivity contribution in [2.24, 2.45) is 0 Å². The number of benzene rings is 1. The molecule has 0 saturated carbocycles. The maximum atomic E-state index is 11.8. The van der Waals surface area contributed by atoms with Gasteiger partial charge in [-0.1, -0.05) is 45.0 Å². The summed E-state index contributed by atoms with van der Waals surface area (Å²) in [7, 11) is 0. The van der Waals surface area contributed by atoms with Crippen molar-refractivity contribution < 1.29 is 4.79 Å². The third kappa shape index (κ3) is 2.70. The van der Waals surface area contributed by atoms with Gasteiger partial charge in [0.15, 0.2) is 5.78 Å². The minimum absolute atomic E-state index is 0.154. The van der Waals surface area contributed by atoms with Crippen molar-refractivity contribution in [2.75, 3.05) is 19.6 Å². The highest BCUT2D eigenvalue weighted by Gasteiger charge is 2.21. The highest BCUT2D eigenvalue weighted by atomic mass is 16.1. The summed E-state index contributed by atoms with van der Waals surface area (Å²) in [6.07, 6.45) is 0. The van der Waals surface area contributed by atoms with Gasteiger partial charge in [-0.3, -0.25) is 9.69 Å². The molecular formula is C14H19NO. The summed E-state index contributed by atoms with van der Waals surface area (Å²) in [5.74, 6) is 0.234. The van der Waals surface area contributed by atoms with Gasteiger partial charge < -0.3 is 0 Å². The molecule has 16 heavy (non-hydrogen) atoms. The van der Waals surface area contributed by atoms with Crippen molar-refractivity contribution in [3.05, 3.63) is 35.4 Å². The molecule has 0 unspecified atom stereocenters. The van der Waals surface area contributed by atoms with Gasteiger partial charge in [0.25, 0.3) is 0 Å². The predicted molar refractivity (Wildman–Crippen MR) is 65.9 cm³/mol. The zero-order valence-electron chi connectivity index (χ0n) is 10.3. The maximum Gasteiger partial charge on any atom is 0.176 e. The molecule has 2 rings (SSSR count). The average molecular weight is 217 g/mol. The van der Waals surface area contributed by atoms with E-state index in [2.05, 4.69) is 37.8 Å². The summed E-state index contributed by atoms with van der Waals surface area (Å²) in [6, 6.07) is 8.03. The first-order valence-corrected chi connectivity index (χ1v) is 5.83. The highest BCUT2D eigenvalue weighted by Crippen LogP contribution is 2.22. The molecule has 1 fully saturated rings. The van der Waals surface area contributed by atoms with E-state index < -0.39 is 0 Å². The Hall–Kier alpha value is -1.15. The fraction of sp³-hybridized carbons (Fsp3) is 0.500. The van der Waals surface area contributed by atoms with Crippen LogP contribution in [0.3, 0.4) is 0 Å². The molecule has 0 aromatic heterocycles. The van der Waals surface area contributed by atoms with Gasteiger partial charge in [0.05, 0.1) is 6.54 Å². The molecule has 2 heteroatoms. The molecule has 0 atom stereocenters. The van der Waals surface area contributed by atoms with Crippen molar-refractivity contribution in [3.63, 3.8) is 0 Å². The Labute approximate surface area is 97.3 Å². The largest absolute Gasteiger partial charge is 0.293 e. The van der Waals surface area contributed by atoms with Crippen LogP contribution in [0.2, 0.25) is 0 Å². The molecule has 1 aromatic rings. The zero-order valence-corrected chi connectivity index (χ0v) is 10.3. The lowest BCUT2D eigenvalue weighted by Gasteiger charge is -2.19. The average Bonchev–Trinajstić information content (AvgIpc) is 3.00. The van der Waals surface area contributed by atoms with E-state index in [1.54, 1.807) is 0 Å². The quantitative estimate of drug-likeness (QED) is 0.572. The summed E-state index contributed by atoms with van der Waals surface area (Å²) in [6.45, 7) is 9.27. The van der Waals surface area contributed by atoms with Crippen LogP contribution in [0.5, 0.6) is 0 Å². The van der Waals surface area contributed by atoms with Gasteiger partial charge >= 0.3 is 0 Å². The van der Waals surface area contributed by atoms with Crippen molar-refractivity contribution in [3.8, 4) is 0 Å². The van der Waals surface area contributed by atoms with Gasteiger partial charge in [0.1, 0.15) is 0 Å². The second-order valence-corrected chi connectivity index (χ2v) is 5.53. The number of rotatable bonds is 3. The maximum absolute atomic E-state index is 11.8. The van der Waals surface area contributed by atoms with Crippen LogP contribution >= 0.6 is 0 Å². The Balaban J connectivity index is 2.09. The van der Waals surface area contributed by atoms with Gasteiger partial charge in [-0.15, -0.1) is 0 Å². The van der Waals surface area contributed by atoms with E-state index in [1.165, 1.54) is 5.56 Å². The molecule has 0 bridgehead atoms. The first-order valence-electron chi connectivity index (χ1n) is 5.83. The fourth-order valence-corrected chi connectivity index (χ4v) is 1.68. The molecule has 2 nitrogen and oxygen atoms in total. The molecule has 0 amide bonds. The number of carbonyl (C=O) groups excluding carboxylic acids is 1. The van der Waals surface area contributed by atoms with Crippen LogP contribution in [0.15, 0.2) is 24.3 Å². The van der Waals surface area contributed by atoms with Crippen molar-refractivity contribution in [1.29, 1.82) is 0 Å². The lowest BCUT2D eigenvalue weighted by Crippen LogP contribution is -2.14. The van der Waals surface area contributed by atoms with E-state index in [-0.39, 0.29) is 11.2 Å². The Morgan fingerprint density at radius 2 is 1.75 bits per heavy atom. The lowest BCUT2D eigenvalue weighted by molar-refractivity contribution is 0.0974. The van der Waals surface area contributed by atoms with Crippen molar-refractivity contribution in [1.82, 2.24) is 4.90 Å².